The molecule has 104 valence electrons. The van der Waals surface area contributed by atoms with Gasteiger partial charge in [-0.3, -0.25) is 5.32 Å². The molecule has 3 nitrogen and oxygen atoms in total. The lowest BCUT2D eigenvalue weighted by atomic mass is 10.0. The van der Waals surface area contributed by atoms with E-state index in [1.165, 1.54) is 5.56 Å². The molecule has 0 fully saturated rings. The Morgan fingerprint density at radius 3 is 2.68 bits per heavy atom. The van der Waals surface area contributed by atoms with E-state index in [4.69, 9.17) is 4.74 Å². The summed E-state index contributed by atoms with van der Waals surface area (Å²) in [7, 11) is 0. The maximum absolute atomic E-state index is 10.8. The number of hydrogen-bond donors (Lipinski definition) is 1. The van der Waals surface area contributed by atoms with Crippen LogP contribution in [0.2, 0.25) is 0 Å². The number of carbonyl (C=O) groups is 1. The molecular weight excluding hydrogens is 238 g/mol. The third-order valence-corrected chi connectivity index (χ3v) is 2.95. The summed E-state index contributed by atoms with van der Waals surface area (Å²) in [6.07, 6.45) is 2.69. The van der Waals surface area contributed by atoms with Crippen molar-refractivity contribution in [2.24, 2.45) is 0 Å². The molecule has 0 bridgehead atoms. The smallest absolute Gasteiger partial charge is 0.136 e. The minimum absolute atomic E-state index is 0.000330. The maximum Gasteiger partial charge on any atom is 0.136 e. The largest absolute Gasteiger partial charge is 0.497 e. The van der Waals surface area contributed by atoms with Crippen LogP contribution in [-0.2, 0) is 16.0 Å². The molecule has 0 amide bonds. The number of carbonyl (C=O) groups excluding carboxylic acids is 1. The Morgan fingerprint density at radius 1 is 1.42 bits per heavy atom. The molecule has 0 spiro atoms. The average Bonchev–Trinajstić information content (AvgIpc) is 2.44. The molecule has 0 saturated carbocycles. The molecule has 1 rings (SSSR count). The van der Waals surface area contributed by atoms with E-state index in [0.29, 0.717) is 12.4 Å². The third kappa shape index (κ3) is 5.71. The highest BCUT2D eigenvalue weighted by atomic mass is 16.5. The molecule has 1 aromatic carbocycles. The van der Waals surface area contributed by atoms with Gasteiger partial charge in [-0.05, 0) is 32.3 Å². The summed E-state index contributed by atoms with van der Waals surface area (Å²) in [5.41, 5.74) is 1.28. The summed E-state index contributed by atoms with van der Waals surface area (Å²) in [6.45, 7) is 8.31. The molecule has 0 aliphatic carbocycles. The minimum Gasteiger partial charge on any atom is -0.497 e. The Bertz CT molecular complexity index is 389. The molecule has 0 aliphatic rings. The standard InChI is InChI=1S/C16H23NO2/c1-4-19-14(3)16(17-13(2)12-18)11-10-15-8-6-5-7-9-15/h5-9,12-13,16-17H,3-4,10-11H2,1-2H3/t13?,16-/m1/s1. The van der Waals surface area contributed by atoms with Crippen molar-refractivity contribution in [3.8, 4) is 0 Å². The average molecular weight is 261 g/mol. The molecule has 1 aromatic rings. The van der Waals surface area contributed by atoms with Gasteiger partial charge >= 0.3 is 0 Å². The van der Waals surface area contributed by atoms with Crippen LogP contribution in [-0.4, -0.2) is 25.0 Å². The van der Waals surface area contributed by atoms with E-state index in [1.54, 1.807) is 0 Å². The Morgan fingerprint density at radius 2 is 2.11 bits per heavy atom. The Hall–Kier alpha value is -1.61. The number of ether oxygens (including phenoxy) is 1. The van der Waals surface area contributed by atoms with Crippen LogP contribution in [0.4, 0.5) is 0 Å². The fourth-order valence-corrected chi connectivity index (χ4v) is 1.94. The van der Waals surface area contributed by atoms with E-state index < -0.39 is 0 Å². The highest BCUT2D eigenvalue weighted by Gasteiger charge is 2.16. The Balaban J connectivity index is 2.58. The monoisotopic (exact) mass is 261 g/mol. The summed E-state index contributed by atoms with van der Waals surface area (Å²) in [5, 5.41) is 3.23. The van der Waals surface area contributed by atoms with Crippen LogP contribution in [0.1, 0.15) is 25.8 Å². The van der Waals surface area contributed by atoms with Crippen LogP contribution in [0.15, 0.2) is 42.7 Å². The zero-order valence-corrected chi connectivity index (χ0v) is 11.8. The second-order valence-electron chi connectivity index (χ2n) is 4.57. The van der Waals surface area contributed by atoms with Gasteiger partial charge in [-0.2, -0.15) is 0 Å². The molecule has 3 heteroatoms. The highest BCUT2D eigenvalue weighted by molar-refractivity contribution is 5.56. The molecule has 0 saturated heterocycles. The molecule has 0 heterocycles. The second kappa shape index (κ2) is 8.48. The highest BCUT2D eigenvalue weighted by Crippen LogP contribution is 2.12. The fourth-order valence-electron chi connectivity index (χ4n) is 1.94. The lowest BCUT2D eigenvalue weighted by molar-refractivity contribution is -0.109. The molecule has 1 unspecified atom stereocenters. The molecule has 19 heavy (non-hydrogen) atoms. The zero-order chi connectivity index (χ0) is 14.1. The number of rotatable bonds is 9. The molecule has 1 N–H and O–H groups in total. The molecular formula is C16H23NO2. The summed E-state index contributed by atoms with van der Waals surface area (Å²) in [6, 6.07) is 10.1. The SMILES string of the molecule is C=C(OCC)[C@@H](CCc1ccccc1)NC(C)C=O. The van der Waals surface area contributed by atoms with Gasteiger partial charge in [0.25, 0.3) is 0 Å². The van der Waals surface area contributed by atoms with Gasteiger partial charge in [0.2, 0.25) is 0 Å². The number of benzene rings is 1. The summed E-state index contributed by atoms with van der Waals surface area (Å²) in [4.78, 5) is 10.8. The van der Waals surface area contributed by atoms with Crippen LogP contribution >= 0.6 is 0 Å². The number of aryl methyl sites for hydroxylation is 1. The first-order chi connectivity index (χ1) is 9.17. The molecule has 2 atom stereocenters. The zero-order valence-electron chi connectivity index (χ0n) is 11.8. The van der Waals surface area contributed by atoms with Gasteiger partial charge in [0.1, 0.15) is 12.0 Å². The summed E-state index contributed by atoms with van der Waals surface area (Å²) >= 11 is 0. The molecule has 0 aromatic heterocycles. The summed E-state index contributed by atoms with van der Waals surface area (Å²) < 4.78 is 5.46. The van der Waals surface area contributed by atoms with Crippen molar-refractivity contribution in [1.29, 1.82) is 0 Å². The maximum atomic E-state index is 10.8. The van der Waals surface area contributed by atoms with Crippen molar-refractivity contribution in [3.63, 3.8) is 0 Å². The van der Waals surface area contributed by atoms with Crippen LogP contribution < -0.4 is 5.32 Å². The first-order valence-corrected chi connectivity index (χ1v) is 6.74. The van der Waals surface area contributed by atoms with Crippen LogP contribution in [0, 0.1) is 0 Å². The molecule has 0 radical (unpaired) electrons. The van der Waals surface area contributed by atoms with Gasteiger partial charge in [-0.15, -0.1) is 0 Å². The van der Waals surface area contributed by atoms with Crippen molar-refractivity contribution in [1.82, 2.24) is 5.32 Å². The van der Waals surface area contributed by atoms with E-state index in [2.05, 4.69) is 24.0 Å². The van der Waals surface area contributed by atoms with Crippen molar-refractivity contribution in [3.05, 3.63) is 48.2 Å². The summed E-state index contributed by atoms with van der Waals surface area (Å²) in [5.74, 6) is 0.701. The van der Waals surface area contributed by atoms with E-state index >= 15 is 0 Å². The van der Waals surface area contributed by atoms with Gasteiger partial charge in [0.15, 0.2) is 0 Å². The van der Waals surface area contributed by atoms with Gasteiger partial charge in [0.05, 0.1) is 18.7 Å². The van der Waals surface area contributed by atoms with Crippen molar-refractivity contribution < 1.29 is 9.53 Å². The van der Waals surface area contributed by atoms with Gasteiger partial charge in [0, 0.05) is 0 Å². The predicted octanol–water partition coefficient (Wildman–Crippen LogP) is 2.72. The predicted molar refractivity (Wildman–Crippen MR) is 78.0 cm³/mol. The van der Waals surface area contributed by atoms with Crippen molar-refractivity contribution in [2.75, 3.05) is 6.61 Å². The normalized spacial score (nSPS) is 13.6. The Kier molecular flexibility index (Phi) is 6.90. The Labute approximate surface area is 115 Å². The van der Waals surface area contributed by atoms with Crippen molar-refractivity contribution >= 4 is 6.29 Å². The molecule has 0 aliphatic heterocycles. The first-order valence-electron chi connectivity index (χ1n) is 6.74. The van der Waals surface area contributed by atoms with E-state index in [-0.39, 0.29) is 12.1 Å². The number of aldehydes is 1. The minimum atomic E-state index is -0.196. The van der Waals surface area contributed by atoms with Gasteiger partial charge < -0.3 is 9.53 Å². The fraction of sp³-hybridized carbons (Fsp3) is 0.438. The van der Waals surface area contributed by atoms with Crippen LogP contribution in [0.25, 0.3) is 0 Å². The van der Waals surface area contributed by atoms with Gasteiger partial charge in [-0.1, -0.05) is 36.9 Å². The lowest BCUT2D eigenvalue weighted by Gasteiger charge is -2.22. The van der Waals surface area contributed by atoms with E-state index in [9.17, 15) is 4.79 Å². The van der Waals surface area contributed by atoms with E-state index in [0.717, 1.165) is 19.1 Å². The van der Waals surface area contributed by atoms with Crippen LogP contribution in [0.3, 0.4) is 0 Å². The lowest BCUT2D eigenvalue weighted by Crippen LogP contribution is -2.39. The number of nitrogens with one attached hydrogen (secondary N) is 1. The van der Waals surface area contributed by atoms with Gasteiger partial charge in [-0.25, -0.2) is 0 Å². The van der Waals surface area contributed by atoms with Crippen LogP contribution in [0.5, 0.6) is 0 Å². The number of hydrogen-bond acceptors (Lipinski definition) is 3. The third-order valence-electron chi connectivity index (χ3n) is 2.95. The quantitative estimate of drug-likeness (QED) is 0.548. The second-order valence-corrected chi connectivity index (χ2v) is 4.57. The van der Waals surface area contributed by atoms with Crippen molar-refractivity contribution in [2.45, 2.75) is 38.8 Å². The first kappa shape index (κ1) is 15.4. The topological polar surface area (TPSA) is 38.3 Å². The van der Waals surface area contributed by atoms with E-state index in [1.807, 2.05) is 32.0 Å².